The molecular weight excluding hydrogens is 324 g/mol. The van der Waals surface area contributed by atoms with Gasteiger partial charge in [-0.05, 0) is 18.2 Å². The van der Waals surface area contributed by atoms with Crippen LogP contribution in [0.5, 0.6) is 5.75 Å². The summed E-state index contributed by atoms with van der Waals surface area (Å²) < 4.78 is 7.08. The van der Waals surface area contributed by atoms with Gasteiger partial charge in [0.1, 0.15) is 11.6 Å². The lowest BCUT2D eigenvalue weighted by Gasteiger charge is -2.10. The molecule has 22 heavy (non-hydrogen) atoms. The Labute approximate surface area is 138 Å². The first-order valence-corrected chi connectivity index (χ1v) is 8.06. The van der Waals surface area contributed by atoms with Gasteiger partial charge in [0.15, 0.2) is 5.16 Å². The molecule has 0 atom stereocenters. The normalized spacial score (nSPS) is 10.5. The summed E-state index contributed by atoms with van der Waals surface area (Å²) in [6.45, 7) is 2.01. The molecule has 0 aliphatic rings. The van der Waals surface area contributed by atoms with Crippen LogP contribution in [-0.4, -0.2) is 33.5 Å². The molecule has 1 aromatic heterocycles. The molecule has 0 aliphatic heterocycles. The Bertz CT molecular complexity index is 675. The van der Waals surface area contributed by atoms with Crippen LogP contribution in [0.15, 0.2) is 23.4 Å². The van der Waals surface area contributed by atoms with Crippen LogP contribution >= 0.6 is 23.4 Å². The van der Waals surface area contributed by atoms with E-state index in [1.165, 1.54) is 11.8 Å². The number of nitrogens with one attached hydrogen (secondary N) is 1. The summed E-state index contributed by atoms with van der Waals surface area (Å²) in [7, 11) is 3.43. The van der Waals surface area contributed by atoms with E-state index in [1.54, 1.807) is 25.3 Å². The number of amides is 1. The molecule has 0 radical (unpaired) electrons. The highest BCUT2D eigenvalue weighted by atomic mass is 35.5. The minimum Gasteiger partial charge on any atom is -0.495 e. The van der Waals surface area contributed by atoms with Crippen LogP contribution < -0.4 is 10.1 Å². The van der Waals surface area contributed by atoms with Crippen LogP contribution in [0.3, 0.4) is 0 Å². The first-order chi connectivity index (χ1) is 10.5. The van der Waals surface area contributed by atoms with Crippen LogP contribution in [0.25, 0.3) is 0 Å². The summed E-state index contributed by atoms with van der Waals surface area (Å²) in [4.78, 5) is 12.1. The molecule has 0 spiro atoms. The van der Waals surface area contributed by atoms with Gasteiger partial charge in [0.25, 0.3) is 0 Å². The Morgan fingerprint density at radius 2 is 2.23 bits per heavy atom. The first-order valence-electron chi connectivity index (χ1n) is 6.69. The first kappa shape index (κ1) is 16.6. The van der Waals surface area contributed by atoms with Gasteiger partial charge in [-0.15, -0.1) is 10.2 Å². The lowest BCUT2D eigenvalue weighted by Crippen LogP contribution is -2.15. The van der Waals surface area contributed by atoms with E-state index in [2.05, 4.69) is 15.5 Å². The Kier molecular flexibility index (Phi) is 5.68. The van der Waals surface area contributed by atoms with Crippen molar-refractivity contribution in [3.63, 3.8) is 0 Å². The molecule has 1 heterocycles. The Morgan fingerprint density at radius 3 is 2.86 bits per heavy atom. The molecule has 2 aromatic rings. The molecule has 8 heteroatoms. The number of hydrogen-bond acceptors (Lipinski definition) is 5. The van der Waals surface area contributed by atoms with E-state index in [9.17, 15) is 4.79 Å². The van der Waals surface area contributed by atoms with E-state index in [4.69, 9.17) is 16.3 Å². The molecule has 6 nitrogen and oxygen atoms in total. The number of hydrogen-bond donors (Lipinski definition) is 1. The molecule has 1 N–H and O–H groups in total. The van der Waals surface area contributed by atoms with Crippen LogP contribution in [0.2, 0.25) is 5.02 Å². The second-order valence-corrected chi connectivity index (χ2v) is 5.87. The summed E-state index contributed by atoms with van der Waals surface area (Å²) in [6.07, 6.45) is 0.802. The van der Waals surface area contributed by atoms with Gasteiger partial charge in [-0.2, -0.15) is 0 Å². The Hall–Kier alpha value is -1.73. The number of ether oxygens (including phenoxy) is 1. The molecule has 1 aromatic carbocycles. The fraction of sp³-hybridized carbons (Fsp3) is 0.357. The van der Waals surface area contributed by atoms with Crippen molar-refractivity contribution in [2.24, 2.45) is 7.05 Å². The number of thioether (sulfide) groups is 1. The maximum atomic E-state index is 12.1. The molecule has 0 unspecified atom stereocenters. The average Bonchev–Trinajstić information content (AvgIpc) is 2.85. The van der Waals surface area contributed by atoms with Gasteiger partial charge in [-0.3, -0.25) is 4.79 Å². The third-order valence-electron chi connectivity index (χ3n) is 3.01. The van der Waals surface area contributed by atoms with Crippen molar-refractivity contribution in [1.82, 2.24) is 14.8 Å². The predicted octanol–water partition coefficient (Wildman–Crippen LogP) is 2.77. The fourth-order valence-electron chi connectivity index (χ4n) is 1.87. The monoisotopic (exact) mass is 340 g/mol. The molecule has 0 fully saturated rings. The molecule has 118 valence electrons. The smallest absolute Gasteiger partial charge is 0.234 e. The minimum atomic E-state index is -0.161. The van der Waals surface area contributed by atoms with Crippen molar-refractivity contribution in [2.45, 2.75) is 18.5 Å². The minimum absolute atomic E-state index is 0.161. The maximum Gasteiger partial charge on any atom is 0.234 e. The number of aromatic nitrogens is 3. The van der Waals surface area contributed by atoms with Crippen LogP contribution in [-0.2, 0) is 18.3 Å². The largest absolute Gasteiger partial charge is 0.495 e. The van der Waals surface area contributed by atoms with Crippen molar-refractivity contribution in [3.8, 4) is 5.75 Å². The maximum absolute atomic E-state index is 12.1. The molecular formula is C14H17ClN4O2S. The van der Waals surface area contributed by atoms with Gasteiger partial charge < -0.3 is 14.6 Å². The number of halogens is 1. The quantitative estimate of drug-likeness (QED) is 0.819. The summed E-state index contributed by atoms with van der Waals surface area (Å²) >= 11 is 7.27. The summed E-state index contributed by atoms with van der Waals surface area (Å²) in [5.74, 6) is 1.52. The molecule has 0 saturated carbocycles. The van der Waals surface area contributed by atoms with E-state index in [0.717, 1.165) is 12.2 Å². The zero-order valence-corrected chi connectivity index (χ0v) is 14.2. The second kappa shape index (κ2) is 7.51. The van der Waals surface area contributed by atoms with E-state index in [-0.39, 0.29) is 11.7 Å². The predicted molar refractivity (Wildman–Crippen MR) is 87.7 cm³/mol. The van der Waals surface area contributed by atoms with Gasteiger partial charge >= 0.3 is 0 Å². The van der Waals surface area contributed by atoms with Crippen LogP contribution in [0.1, 0.15) is 12.7 Å². The van der Waals surface area contributed by atoms with Gasteiger partial charge in [-0.1, -0.05) is 30.3 Å². The van der Waals surface area contributed by atoms with Gasteiger partial charge in [-0.25, -0.2) is 0 Å². The highest BCUT2D eigenvalue weighted by Crippen LogP contribution is 2.28. The van der Waals surface area contributed by atoms with E-state index < -0.39 is 0 Å². The number of rotatable bonds is 6. The average molecular weight is 341 g/mol. The van der Waals surface area contributed by atoms with Crippen LogP contribution in [0, 0.1) is 0 Å². The van der Waals surface area contributed by atoms with Crippen molar-refractivity contribution >= 4 is 35.0 Å². The zero-order chi connectivity index (χ0) is 16.1. The van der Waals surface area contributed by atoms with E-state index in [1.807, 2.05) is 18.5 Å². The van der Waals surface area contributed by atoms with Gasteiger partial charge in [0, 0.05) is 18.5 Å². The van der Waals surface area contributed by atoms with Crippen molar-refractivity contribution in [2.75, 3.05) is 18.2 Å². The van der Waals surface area contributed by atoms with Crippen molar-refractivity contribution < 1.29 is 9.53 Å². The lowest BCUT2D eigenvalue weighted by atomic mass is 10.3. The molecule has 2 rings (SSSR count). The van der Waals surface area contributed by atoms with Gasteiger partial charge in [0.2, 0.25) is 5.91 Å². The van der Waals surface area contributed by atoms with E-state index in [0.29, 0.717) is 21.6 Å². The van der Waals surface area contributed by atoms with Crippen molar-refractivity contribution in [3.05, 3.63) is 29.0 Å². The SMILES string of the molecule is CCc1nnc(SCC(=O)Nc2cc(Cl)ccc2OC)n1C. The van der Waals surface area contributed by atoms with E-state index >= 15 is 0 Å². The zero-order valence-electron chi connectivity index (χ0n) is 12.6. The Balaban J connectivity index is 1.98. The number of aryl methyl sites for hydroxylation is 1. The van der Waals surface area contributed by atoms with Gasteiger partial charge in [0.05, 0.1) is 18.6 Å². The molecule has 0 bridgehead atoms. The number of carbonyl (C=O) groups is 1. The lowest BCUT2D eigenvalue weighted by molar-refractivity contribution is -0.113. The summed E-state index contributed by atoms with van der Waals surface area (Å²) in [5.41, 5.74) is 0.549. The standard InChI is InChI=1S/C14H17ClN4O2S/c1-4-12-17-18-14(19(12)2)22-8-13(20)16-10-7-9(15)5-6-11(10)21-3/h5-7H,4,8H2,1-3H3,(H,16,20). The number of nitrogens with zero attached hydrogens (tertiary/aromatic N) is 3. The highest BCUT2D eigenvalue weighted by molar-refractivity contribution is 7.99. The summed E-state index contributed by atoms with van der Waals surface area (Å²) in [6, 6.07) is 5.07. The van der Waals surface area contributed by atoms with Crippen LogP contribution in [0.4, 0.5) is 5.69 Å². The molecule has 0 aliphatic carbocycles. The number of benzene rings is 1. The second-order valence-electron chi connectivity index (χ2n) is 4.49. The summed E-state index contributed by atoms with van der Waals surface area (Å²) in [5, 5.41) is 12.2. The third kappa shape index (κ3) is 3.92. The fourth-order valence-corrected chi connectivity index (χ4v) is 2.77. The molecule has 0 saturated heterocycles. The topological polar surface area (TPSA) is 69.0 Å². The molecule has 1 amide bonds. The number of carbonyl (C=O) groups excluding carboxylic acids is 1. The Morgan fingerprint density at radius 1 is 1.45 bits per heavy atom. The highest BCUT2D eigenvalue weighted by Gasteiger charge is 2.12. The van der Waals surface area contributed by atoms with Crippen molar-refractivity contribution in [1.29, 1.82) is 0 Å². The third-order valence-corrected chi connectivity index (χ3v) is 4.26. The number of methoxy groups -OCH3 is 1. The number of anilines is 1.